The molecular formula is C12H18N4. The fraction of sp³-hybridized carbons (Fsp3) is 0.417. The van der Waals surface area contributed by atoms with E-state index in [0.717, 1.165) is 23.5 Å². The van der Waals surface area contributed by atoms with Crippen molar-refractivity contribution < 1.29 is 0 Å². The molecule has 0 amide bonds. The minimum Gasteiger partial charge on any atom is -0.354 e. The molecule has 0 saturated heterocycles. The van der Waals surface area contributed by atoms with Crippen LogP contribution in [0.25, 0.3) is 11.0 Å². The lowest BCUT2D eigenvalue weighted by molar-refractivity contribution is 0.767. The second kappa shape index (κ2) is 4.14. The monoisotopic (exact) mass is 218 g/mol. The minimum absolute atomic E-state index is 0.126. The first-order valence-corrected chi connectivity index (χ1v) is 5.50. The van der Waals surface area contributed by atoms with Crippen LogP contribution in [0.15, 0.2) is 18.2 Å². The second-order valence-electron chi connectivity index (χ2n) is 4.34. The summed E-state index contributed by atoms with van der Waals surface area (Å²) in [5.74, 6) is 0.873. The number of imidazole rings is 1. The molecule has 0 bridgehead atoms. The summed E-state index contributed by atoms with van der Waals surface area (Å²) in [6, 6.07) is 6.38. The number of benzene rings is 1. The molecule has 0 radical (unpaired) electrons. The highest BCUT2D eigenvalue weighted by molar-refractivity contribution is 5.79. The van der Waals surface area contributed by atoms with Crippen molar-refractivity contribution in [2.24, 2.45) is 12.8 Å². The van der Waals surface area contributed by atoms with Crippen molar-refractivity contribution >= 4 is 17.0 Å². The average molecular weight is 218 g/mol. The number of rotatable bonds is 3. The summed E-state index contributed by atoms with van der Waals surface area (Å²) in [7, 11) is 2.01. The third-order valence-corrected chi connectivity index (χ3v) is 2.62. The van der Waals surface area contributed by atoms with Crippen molar-refractivity contribution in [3.8, 4) is 0 Å². The molecule has 1 atom stereocenters. The van der Waals surface area contributed by atoms with E-state index in [1.807, 2.05) is 20.0 Å². The minimum atomic E-state index is 0.126. The molecule has 0 aliphatic heterocycles. The van der Waals surface area contributed by atoms with Crippen LogP contribution < -0.4 is 11.1 Å². The van der Waals surface area contributed by atoms with E-state index >= 15 is 0 Å². The highest BCUT2D eigenvalue weighted by Gasteiger charge is 2.07. The van der Waals surface area contributed by atoms with E-state index < -0.39 is 0 Å². The molecule has 4 nitrogen and oxygen atoms in total. The molecule has 0 aliphatic carbocycles. The Kier molecular flexibility index (Phi) is 2.83. The van der Waals surface area contributed by atoms with Gasteiger partial charge in [-0.3, -0.25) is 0 Å². The lowest BCUT2D eigenvalue weighted by atomic mass is 10.2. The predicted molar refractivity (Wildman–Crippen MR) is 67.6 cm³/mol. The van der Waals surface area contributed by atoms with Crippen LogP contribution in [0, 0.1) is 6.92 Å². The molecule has 4 heteroatoms. The number of nitrogens with two attached hydrogens (primary N) is 1. The number of nitrogens with zero attached hydrogens (tertiary/aromatic N) is 2. The Hall–Kier alpha value is -1.55. The van der Waals surface area contributed by atoms with Gasteiger partial charge in [0.05, 0.1) is 11.0 Å². The van der Waals surface area contributed by atoms with Gasteiger partial charge in [-0.1, -0.05) is 6.07 Å². The van der Waals surface area contributed by atoms with E-state index in [-0.39, 0.29) is 6.04 Å². The molecule has 0 aliphatic rings. The smallest absolute Gasteiger partial charge is 0.203 e. The lowest BCUT2D eigenvalue weighted by Crippen LogP contribution is -2.26. The third-order valence-electron chi connectivity index (χ3n) is 2.62. The Morgan fingerprint density at radius 2 is 2.25 bits per heavy atom. The first-order valence-electron chi connectivity index (χ1n) is 5.50. The topological polar surface area (TPSA) is 55.9 Å². The summed E-state index contributed by atoms with van der Waals surface area (Å²) >= 11 is 0. The zero-order valence-electron chi connectivity index (χ0n) is 9.99. The van der Waals surface area contributed by atoms with Gasteiger partial charge < -0.3 is 15.6 Å². The Bertz CT molecular complexity index is 499. The fourth-order valence-electron chi connectivity index (χ4n) is 1.71. The molecular weight excluding hydrogens is 200 g/mol. The van der Waals surface area contributed by atoms with Gasteiger partial charge in [-0.05, 0) is 31.5 Å². The maximum absolute atomic E-state index is 5.71. The lowest BCUT2D eigenvalue weighted by Gasteiger charge is -2.08. The number of nitrogens with one attached hydrogen (secondary N) is 1. The van der Waals surface area contributed by atoms with Crippen LogP contribution in [0.2, 0.25) is 0 Å². The SMILES string of the molecule is Cc1ccc2nc(NCC(C)N)n(C)c2c1. The van der Waals surface area contributed by atoms with Gasteiger partial charge in [0.15, 0.2) is 0 Å². The van der Waals surface area contributed by atoms with Gasteiger partial charge in [-0.15, -0.1) is 0 Å². The van der Waals surface area contributed by atoms with Gasteiger partial charge in [0, 0.05) is 19.6 Å². The van der Waals surface area contributed by atoms with Crippen LogP contribution in [0.1, 0.15) is 12.5 Å². The first-order chi connectivity index (χ1) is 7.58. The van der Waals surface area contributed by atoms with Crippen LogP contribution in [0.3, 0.4) is 0 Å². The average Bonchev–Trinajstić information content (AvgIpc) is 2.53. The van der Waals surface area contributed by atoms with Crippen molar-refractivity contribution in [1.29, 1.82) is 0 Å². The number of anilines is 1. The van der Waals surface area contributed by atoms with Gasteiger partial charge in [0.25, 0.3) is 0 Å². The second-order valence-corrected chi connectivity index (χ2v) is 4.34. The Labute approximate surface area is 95.5 Å². The third kappa shape index (κ3) is 2.02. The molecule has 3 N–H and O–H groups in total. The Morgan fingerprint density at radius 1 is 1.50 bits per heavy atom. The van der Waals surface area contributed by atoms with E-state index in [4.69, 9.17) is 5.73 Å². The summed E-state index contributed by atoms with van der Waals surface area (Å²) < 4.78 is 2.06. The van der Waals surface area contributed by atoms with Gasteiger partial charge in [0.2, 0.25) is 5.95 Å². The molecule has 1 aromatic heterocycles. The van der Waals surface area contributed by atoms with E-state index in [1.54, 1.807) is 0 Å². The van der Waals surface area contributed by atoms with Gasteiger partial charge in [0.1, 0.15) is 0 Å². The summed E-state index contributed by atoms with van der Waals surface area (Å²) in [6.07, 6.45) is 0. The Morgan fingerprint density at radius 3 is 2.94 bits per heavy atom. The van der Waals surface area contributed by atoms with Crippen LogP contribution in [-0.4, -0.2) is 22.1 Å². The molecule has 0 saturated carbocycles. The summed E-state index contributed by atoms with van der Waals surface area (Å²) in [5, 5.41) is 3.25. The maximum atomic E-state index is 5.71. The zero-order valence-corrected chi connectivity index (χ0v) is 9.99. The molecule has 2 aromatic rings. The van der Waals surface area contributed by atoms with Crippen molar-refractivity contribution in [3.63, 3.8) is 0 Å². The van der Waals surface area contributed by atoms with Crippen LogP contribution in [-0.2, 0) is 7.05 Å². The fourth-order valence-corrected chi connectivity index (χ4v) is 1.71. The summed E-state index contributed by atoms with van der Waals surface area (Å²) in [5.41, 5.74) is 9.11. The summed E-state index contributed by atoms with van der Waals surface area (Å²) in [4.78, 5) is 4.52. The first kappa shape index (κ1) is 11.0. The molecule has 1 unspecified atom stereocenters. The molecule has 0 fully saturated rings. The molecule has 86 valence electrons. The highest BCUT2D eigenvalue weighted by Crippen LogP contribution is 2.19. The molecule has 2 rings (SSSR count). The molecule has 16 heavy (non-hydrogen) atoms. The van der Waals surface area contributed by atoms with E-state index in [0.29, 0.717) is 0 Å². The quantitative estimate of drug-likeness (QED) is 0.823. The molecule has 0 spiro atoms. The van der Waals surface area contributed by atoms with Crippen molar-refractivity contribution in [3.05, 3.63) is 23.8 Å². The van der Waals surface area contributed by atoms with Gasteiger partial charge in [-0.2, -0.15) is 0 Å². The summed E-state index contributed by atoms with van der Waals surface area (Å²) in [6.45, 7) is 4.79. The van der Waals surface area contributed by atoms with Gasteiger partial charge in [-0.25, -0.2) is 4.98 Å². The van der Waals surface area contributed by atoms with Crippen LogP contribution in [0.4, 0.5) is 5.95 Å². The van der Waals surface area contributed by atoms with E-state index in [9.17, 15) is 0 Å². The number of hydrogen-bond donors (Lipinski definition) is 2. The molecule has 1 heterocycles. The van der Waals surface area contributed by atoms with Crippen LogP contribution >= 0.6 is 0 Å². The number of aryl methyl sites for hydroxylation is 2. The zero-order chi connectivity index (χ0) is 11.7. The number of aromatic nitrogens is 2. The number of fused-ring (bicyclic) bond motifs is 1. The van der Waals surface area contributed by atoms with E-state index in [2.05, 4.69) is 33.9 Å². The van der Waals surface area contributed by atoms with Crippen molar-refractivity contribution in [2.75, 3.05) is 11.9 Å². The van der Waals surface area contributed by atoms with Crippen LogP contribution in [0.5, 0.6) is 0 Å². The van der Waals surface area contributed by atoms with E-state index in [1.165, 1.54) is 5.56 Å². The van der Waals surface area contributed by atoms with Gasteiger partial charge >= 0.3 is 0 Å². The normalized spacial score (nSPS) is 13.0. The largest absolute Gasteiger partial charge is 0.354 e. The maximum Gasteiger partial charge on any atom is 0.203 e. The predicted octanol–water partition coefficient (Wildman–Crippen LogP) is 1.64. The highest BCUT2D eigenvalue weighted by atomic mass is 15.2. The Balaban J connectivity index is 2.36. The van der Waals surface area contributed by atoms with Crippen molar-refractivity contribution in [1.82, 2.24) is 9.55 Å². The standard InChI is InChI=1S/C12H18N4/c1-8-4-5-10-11(6-8)16(3)12(15-10)14-7-9(2)13/h4-6,9H,7,13H2,1-3H3,(H,14,15). The molecule has 1 aromatic carbocycles. The van der Waals surface area contributed by atoms with Crippen molar-refractivity contribution in [2.45, 2.75) is 19.9 Å². The number of hydrogen-bond acceptors (Lipinski definition) is 3.